The summed E-state index contributed by atoms with van der Waals surface area (Å²) in [7, 11) is 2.17. The lowest BCUT2D eigenvalue weighted by atomic mass is 9.86. The summed E-state index contributed by atoms with van der Waals surface area (Å²) in [4.78, 5) is 2.36. The minimum Gasteiger partial charge on any atom is -0.371 e. The van der Waals surface area contributed by atoms with E-state index in [4.69, 9.17) is 11.6 Å². The van der Waals surface area contributed by atoms with Crippen LogP contribution in [-0.2, 0) is 6.54 Å². The van der Waals surface area contributed by atoms with Gasteiger partial charge in [-0.15, -0.1) is 0 Å². The monoisotopic (exact) mass is 294 g/mol. The first kappa shape index (κ1) is 15.7. The third-order valence-electron chi connectivity index (χ3n) is 4.45. The van der Waals surface area contributed by atoms with Gasteiger partial charge < -0.3 is 10.2 Å². The molecule has 0 amide bonds. The molecule has 1 aromatic carbocycles. The van der Waals surface area contributed by atoms with Crippen LogP contribution in [0.25, 0.3) is 0 Å². The first-order chi connectivity index (χ1) is 9.30. The van der Waals surface area contributed by atoms with E-state index in [1.807, 2.05) is 12.1 Å². The number of benzene rings is 1. The SMILES string of the molecule is CC(N(C)c1cccc(Cl)c1CNC1CC1)C(C)(C)C. The molecule has 0 bridgehead atoms. The molecule has 0 heterocycles. The predicted molar refractivity (Wildman–Crippen MR) is 88.6 cm³/mol. The summed E-state index contributed by atoms with van der Waals surface area (Å²) in [5.41, 5.74) is 2.70. The van der Waals surface area contributed by atoms with Gasteiger partial charge in [0.05, 0.1) is 0 Å². The van der Waals surface area contributed by atoms with Crippen LogP contribution >= 0.6 is 11.6 Å². The second-order valence-electron chi connectivity index (χ2n) is 7.05. The minimum absolute atomic E-state index is 0.234. The Bertz CT molecular complexity index is 461. The summed E-state index contributed by atoms with van der Waals surface area (Å²) in [5, 5.41) is 4.44. The Hall–Kier alpha value is -0.730. The maximum atomic E-state index is 6.43. The van der Waals surface area contributed by atoms with Crippen molar-refractivity contribution in [2.45, 2.75) is 59.2 Å². The van der Waals surface area contributed by atoms with E-state index < -0.39 is 0 Å². The van der Waals surface area contributed by atoms with E-state index in [2.05, 4.69) is 51.0 Å². The number of hydrogen-bond donors (Lipinski definition) is 1. The number of anilines is 1. The summed E-state index contributed by atoms with van der Waals surface area (Å²) < 4.78 is 0. The molecule has 0 radical (unpaired) electrons. The molecule has 0 saturated heterocycles. The van der Waals surface area contributed by atoms with Gasteiger partial charge in [0.25, 0.3) is 0 Å². The molecule has 1 fully saturated rings. The largest absolute Gasteiger partial charge is 0.371 e. The molecule has 2 rings (SSSR count). The lowest BCUT2D eigenvalue weighted by molar-refractivity contribution is 0.329. The molecule has 1 saturated carbocycles. The molecule has 20 heavy (non-hydrogen) atoms. The van der Waals surface area contributed by atoms with Crippen LogP contribution < -0.4 is 10.2 Å². The van der Waals surface area contributed by atoms with Gasteiger partial charge in [0.15, 0.2) is 0 Å². The van der Waals surface area contributed by atoms with Gasteiger partial charge in [-0.1, -0.05) is 38.4 Å². The smallest absolute Gasteiger partial charge is 0.0471 e. The average Bonchev–Trinajstić information content (AvgIpc) is 3.18. The Kier molecular flexibility index (Phi) is 4.66. The van der Waals surface area contributed by atoms with Gasteiger partial charge >= 0.3 is 0 Å². The minimum atomic E-state index is 0.234. The van der Waals surface area contributed by atoms with E-state index in [-0.39, 0.29) is 5.41 Å². The molecular formula is C17H27ClN2. The highest BCUT2D eigenvalue weighted by Crippen LogP contribution is 2.33. The number of hydrogen-bond acceptors (Lipinski definition) is 2. The van der Waals surface area contributed by atoms with Gasteiger partial charge in [-0.25, -0.2) is 0 Å². The first-order valence-electron chi connectivity index (χ1n) is 7.54. The van der Waals surface area contributed by atoms with E-state index in [0.717, 1.165) is 11.6 Å². The molecule has 3 heteroatoms. The van der Waals surface area contributed by atoms with E-state index >= 15 is 0 Å². The fraction of sp³-hybridized carbons (Fsp3) is 0.647. The molecule has 1 aromatic rings. The lowest BCUT2D eigenvalue weighted by Crippen LogP contribution is -2.40. The maximum Gasteiger partial charge on any atom is 0.0471 e. The highest BCUT2D eigenvalue weighted by molar-refractivity contribution is 6.31. The van der Waals surface area contributed by atoms with Crippen molar-refractivity contribution in [1.29, 1.82) is 0 Å². The average molecular weight is 295 g/mol. The second-order valence-corrected chi connectivity index (χ2v) is 7.45. The molecule has 0 aliphatic heterocycles. The van der Waals surface area contributed by atoms with E-state index in [1.165, 1.54) is 24.1 Å². The van der Waals surface area contributed by atoms with Gasteiger partial charge in [-0.05, 0) is 37.3 Å². The van der Waals surface area contributed by atoms with Crippen LogP contribution in [0.15, 0.2) is 18.2 Å². The van der Waals surface area contributed by atoms with Crippen molar-refractivity contribution in [2.75, 3.05) is 11.9 Å². The van der Waals surface area contributed by atoms with Crippen molar-refractivity contribution < 1.29 is 0 Å². The van der Waals surface area contributed by atoms with Gasteiger partial charge in [-0.3, -0.25) is 0 Å². The molecule has 0 spiro atoms. The topological polar surface area (TPSA) is 15.3 Å². The van der Waals surface area contributed by atoms with Crippen molar-refractivity contribution in [3.05, 3.63) is 28.8 Å². The summed E-state index contributed by atoms with van der Waals surface area (Å²) in [6, 6.07) is 7.36. The second kappa shape index (κ2) is 5.95. The third kappa shape index (κ3) is 3.67. The quantitative estimate of drug-likeness (QED) is 0.862. The molecule has 2 nitrogen and oxygen atoms in total. The Morgan fingerprint density at radius 1 is 1.35 bits per heavy atom. The summed E-state index contributed by atoms with van der Waals surface area (Å²) in [6.45, 7) is 9.97. The fourth-order valence-corrected chi connectivity index (χ4v) is 2.61. The van der Waals surface area contributed by atoms with Crippen LogP contribution in [0.1, 0.15) is 46.1 Å². The standard InChI is InChI=1S/C17H27ClN2/c1-12(17(2,3)4)20(5)16-8-6-7-15(18)14(16)11-19-13-9-10-13/h6-8,12-13,19H,9-11H2,1-5H3. The number of rotatable bonds is 5. The number of nitrogens with zero attached hydrogens (tertiary/aromatic N) is 1. The van der Waals surface area contributed by atoms with Gasteiger partial charge in [0.2, 0.25) is 0 Å². The molecule has 1 aliphatic rings. The Morgan fingerprint density at radius 2 is 2.00 bits per heavy atom. The van der Waals surface area contributed by atoms with E-state index in [1.54, 1.807) is 0 Å². The molecule has 1 atom stereocenters. The molecule has 1 N–H and O–H groups in total. The van der Waals surface area contributed by atoms with Crippen LogP contribution in [0.4, 0.5) is 5.69 Å². The van der Waals surface area contributed by atoms with Crippen molar-refractivity contribution in [1.82, 2.24) is 5.32 Å². The van der Waals surface area contributed by atoms with E-state index in [9.17, 15) is 0 Å². The Labute approximate surface area is 128 Å². The Balaban J connectivity index is 2.22. The van der Waals surface area contributed by atoms with Gasteiger partial charge in [0.1, 0.15) is 0 Å². The van der Waals surface area contributed by atoms with Crippen LogP contribution in [0.3, 0.4) is 0 Å². The number of nitrogens with one attached hydrogen (secondary N) is 1. The van der Waals surface area contributed by atoms with E-state index in [0.29, 0.717) is 12.1 Å². The predicted octanol–water partition coefficient (Wildman–Crippen LogP) is 4.46. The van der Waals surface area contributed by atoms with Gasteiger partial charge in [-0.2, -0.15) is 0 Å². The zero-order valence-corrected chi connectivity index (χ0v) is 14.1. The van der Waals surface area contributed by atoms with Crippen molar-refractivity contribution in [3.8, 4) is 0 Å². The molecule has 112 valence electrons. The van der Waals surface area contributed by atoms with Gasteiger partial charge in [0, 0.05) is 41.9 Å². The highest BCUT2D eigenvalue weighted by Gasteiger charge is 2.26. The maximum absolute atomic E-state index is 6.43. The summed E-state index contributed by atoms with van der Waals surface area (Å²) in [6.07, 6.45) is 2.60. The third-order valence-corrected chi connectivity index (χ3v) is 4.81. The lowest BCUT2D eigenvalue weighted by Gasteiger charge is -2.38. The zero-order chi connectivity index (χ0) is 14.9. The van der Waals surface area contributed by atoms with Crippen molar-refractivity contribution in [2.24, 2.45) is 5.41 Å². The first-order valence-corrected chi connectivity index (χ1v) is 7.92. The normalized spacial score (nSPS) is 17.1. The highest BCUT2D eigenvalue weighted by atomic mass is 35.5. The van der Waals surface area contributed by atoms with Crippen molar-refractivity contribution in [3.63, 3.8) is 0 Å². The molecule has 1 aliphatic carbocycles. The van der Waals surface area contributed by atoms with Crippen LogP contribution in [-0.4, -0.2) is 19.1 Å². The molecule has 0 aromatic heterocycles. The fourth-order valence-electron chi connectivity index (χ4n) is 2.38. The summed E-state index contributed by atoms with van der Waals surface area (Å²) in [5.74, 6) is 0. The van der Waals surface area contributed by atoms with Crippen LogP contribution in [0, 0.1) is 5.41 Å². The molecule has 1 unspecified atom stereocenters. The number of halogens is 1. The van der Waals surface area contributed by atoms with Crippen molar-refractivity contribution >= 4 is 17.3 Å². The molecular weight excluding hydrogens is 268 g/mol. The van der Waals surface area contributed by atoms with Crippen LogP contribution in [0.5, 0.6) is 0 Å². The zero-order valence-electron chi connectivity index (χ0n) is 13.3. The summed E-state index contributed by atoms with van der Waals surface area (Å²) >= 11 is 6.43. The van der Waals surface area contributed by atoms with Crippen LogP contribution in [0.2, 0.25) is 5.02 Å². The Morgan fingerprint density at radius 3 is 2.55 bits per heavy atom.